The lowest BCUT2D eigenvalue weighted by molar-refractivity contribution is 0.458. The first-order valence-corrected chi connectivity index (χ1v) is 6.88. The minimum atomic E-state index is -0.164. The van der Waals surface area contributed by atoms with E-state index in [4.69, 9.17) is 0 Å². The van der Waals surface area contributed by atoms with Crippen molar-refractivity contribution in [3.63, 3.8) is 0 Å². The summed E-state index contributed by atoms with van der Waals surface area (Å²) in [7, 11) is 0. The molecule has 0 saturated heterocycles. The number of rotatable bonds is 3. The molecule has 1 atom stereocenters. The smallest absolute Gasteiger partial charge is 0.123 e. The number of fused-ring (bicyclic) bond motifs is 1. The van der Waals surface area contributed by atoms with Crippen molar-refractivity contribution < 1.29 is 4.39 Å². The largest absolute Gasteiger partial charge is 0.306 e. The third-order valence-corrected chi connectivity index (χ3v) is 3.81. The Labute approximate surface area is 113 Å². The lowest BCUT2D eigenvalue weighted by atomic mass is 9.87. The number of hydrogen-bond donors (Lipinski definition) is 1. The molecule has 0 amide bonds. The van der Waals surface area contributed by atoms with Crippen LogP contribution in [-0.4, -0.2) is 0 Å². The van der Waals surface area contributed by atoms with E-state index in [-0.39, 0.29) is 5.82 Å². The van der Waals surface area contributed by atoms with Crippen molar-refractivity contribution in [1.29, 1.82) is 0 Å². The van der Waals surface area contributed by atoms with Crippen LogP contribution >= 0.6 is 0 Å². The van der Waals surface area contributed by atoms with E-state index in [9.17, 15) is 4.39 Å². The Balaban J connectivity index is 1.71. The van der Waals surface area contributed by atoms with Gasteiger partial charge in [0.05, 0.1) is 0 Å². The van der Waals surface area contributed by atoms with E-state index >= 15 is 0 Å². The number of benzene rings is 2. The molecule has 3 rings (SSSR count). The number of halogens is 1. The summed E-state index contributed by atoms with van der Waals surface area (Å²) in [6, 6.07) is 15.8. The van der Waals surface area contributed by atoms with Crippen LogP contribution in [0.15, 0.2) is 48.5 Å². The fourth-order valence-electron chi connectivity index (χ4n) is 2.85. The van der Waals surface area contributed by atoms with Gasteiger partial charge in [-0.05, 0) is 48.1 Å². The summed E-state index contributed by atoms with van der Waals surface area (Å²) in [5.74, 6) is -0.164. The first-order chi connectivity index (χ1) is 9.33. The van der Waals surface area contributed by atoms with E-state index in [1.165, 1.54) is 30.0 Å². The van der Waals surface area contributed by atoms with Gasteiger partial charge in [0, 0.05) is 12.6 Å². The van der Waals surface area contributed by atoms with Gasteiger partial charge in [-0.15, -0.1) is 0 Å². The quantitative estimate of drug-likeness (QED) is 0.874. The van der Waals surface area contributed by atoms with Crippen LogP contribution in [0.4, 0.5) is 4.39 Å². The van der Waals surface area contributed by atoms with Gasteiger partial charge in [-0.2, -0.15) is 0 Å². The van der Waals surface area contributed by atoms with Gasteiger partial charge in [0.15, 0.2) is 0 Å². The Bertz CT molecular complexity index is 565. The van der Waals surface area contributed by atoms with E-state index < -0.39 is 0 Å². The Kier molecular flexibility index (Phi) is 3.60. The highest BCUT2D eigenvalue weighted by Crippen LogP contribution is 2.29. The molecule has 0 aromatic heterocycles. The summed E-state index contributed by atoms with van der Waals surface area (Å²) < 4.78 is 13.1. The van der Waals surface area contributed by atoms with Gasteiger partial charge < -0.3 is 5.32 Å². The maximum Gasteiger partial charge on any atom is 0.123 e. The average molecular weight is 255 g/mol. The van der Waals surface area contributed by atoms with Gasteiger partial charge in [-0.25, -0.2) is 4.39 Å². The lowest BCUT2D eigenvalue weighted by Gasteiger charge is -2.26. The molecule has 19 heavy (non-hydrogen) atoms. The highest BCUT2D eigenvalue weighted by Gasteiger charge is 2.18. The summed E-state index contributed by atoms with van der Waals surface area (Å²) in [5, 5.41) is 3.55. The molecule has 0 heterocycles. The third-order valence-electron chi connectivity index (χ3n) is 3.81. The second kappa shape index (κ2) is 5.54. The van der Waals surface area contributed by atoms with Crippen LogP contribution in [0.5, 0.6) is 0 Å². The predicted molar refractivity (Wildman–Crippen MR) is 75.4 cm³/mol. The monoisotopic (exact) mass is 255 g/mol. The van der Waals surface area contributed by atoms with Gasteiger partial charge in [0.1, 0.15) is 5.82 Å². The van der Waals surface area contributed by atoms with E-state index in [1.54, 1.807) is 12.1 Å². The molecular formula is C17H18FN. The van der Waals surface area contributed by atoms with E-state index in [2.05, 4.69) is 29.6 Å². The summed E-state index contributed by atoms with van der Waals surface area (Å²) >= 11 is 0. The predicted octanol–water partition coefficient (Wildman–Crippen LogP) is 3.99. The van der Waals surface area contributed by atoms with Crippen LogP contribution in [0.1, 0.15) is 35.6 Å². The Morgan fingerprint density at radius 2 is 2.00 bits per heavy atom. The van der Waals surface area contributed by atoms with Crippen LogP contribution in [0.2, 0.25) is 0 Å². The van der Waals surface area contributed by atoms with Crippen LogP contribution in [0, 0.1) is 5.82 Å². The standard InChI is InChI=1S/C17H18FN/c18-15-8-3-5-13(11-15)12-19-17-10-4-7-14-6-1-2-9-16(14)17/h1-3,5-6,8-9,11,17,19H,4,7,10,12H2. The zero-order chi connectivity index (χ0) is 13.1. The second-order valence-electron chi connectivity index (χ2n) is 5.15. The summed E-state index contributed by atoms with van der Waals surface area (Å²) in [4.78, 5) is 0. The van der Waals surface area contributed by atoms with Crippen LogP contribution in [0.25, 0.3) is 0 Å². The number of nitrogens with one attached hydrogen (secondary N) is 1. The fourth-order valence-corrected chi connectivity index (χ4v) is 2.85. The molecule has 1 unspecified atom stereocenters. The van der Waals surface area contributed by atoms with Crippen molar-refractivity contribution in [3.05, 3.63) is 71.0 Å². The average Bonchev–Trinajstić information content (AvgIpc) is 2.45. The normalized spacial score (nSPS) is 18.1. The molecular weight excluding hydrogens is 237 g/mol. The molecule has 0 fully saturated rings. The zero-order valence-electron chi connectivity index (χ0n) is 10.9. The van der Waals surface area contributed by atoms with Crippen molar-refractivity contribution in [3.8, 4) is 0 Å². The van der Waals surface area contributed by atoms with Crippen molar-refractivity contribution in [2.45, 2.75) is 31.8 Å². The summed E-state index contributed by atoms with van der Waals surface area (Å²) in [6.45, 7) is 0.719. The maximum atomic E-state index is 13.1. The van der Waals surface area contributed by atoms with Gasteiger partial charge in [-0.3, -0.25) is 0 Å². The van der Waals surface area contributed by atoms with Crippen LogP contribution in [-0.2, 0) is 13.0 Å². The van der Waals surface area contributed by atoms with Gasteiger partial charge in [0.2, 0.25) is 0 Å². The number of hydrogen-bond acceptors (Lipinski definition) is 1. The zero-order valence-corrected chi connectivity index (χ0v) is 10.9. The highest BCUT2D eigenvalue weighted by atomic mass is 19.1. The molecule has 1 N–H and O–H groups in total. The first kappa shape index (κ1) is 12.4. The first-order valence-electron chi connectivity index (χ1n) is 6.88. The van der Waals surface area contributed by atoms with E-state index in [1.807, 2.05) is 6.07 Å². The minimum absolute atomic E-state index is 0.164. The molecule has 0 bridgehead atoms. The second-order valence-corrected chi connectivity index (χ2v) is 5.15. The number of aryl methyl sites for hydroxylation is 1. The van der Waals surface area contributed by atoms with E-state index in [0.29, 0.717) is 6.04 Å². The van der Waals surface area contributed by atoms with Crippen LogP contribution in [0.3, 0.4) is 0 Å². The highest BCUT2D eigenvalue weighted by molar-refractivity contribution is 5.32. The lowest BCUT2D eigenvalue weighted by Crippen LogP contribution is -2.24. The Morgan fingerprint density at radius 3 is 2.89 bits per heavy atom. The molecule has 0 spiro atoms. The fraction of sp³-hybridized carbons (Fsp3) is 0.294. The van der Waals surface area contributed by atoms with Gasteiger partial charge in [0.25, 0.3) is 0 Å². The molecule has 2 aromatic carbocycles. The summed E-state index contributed by atoms with van der Waals surface area (Å²) in [5.41, 5.74) is 3.86. The molecule has 1 aliphatic rings. The molecule has 2 heteroatoms. The third kappa shape index (κ3) is 2.85. The molecule has 0 saturated carbocycles. The molecule has 2 aromatic rings. The molecule has 0 radical (unpaired) electrons. The summed E-state index contributed by atoms with van der Waals surface area (Å²) in [6.07, 6.45) is 3.55. The van der Waals surface area contributed by atoms with Crippen molar-refractivity contribution >= 4 is 0 Å². The van der Waals surface area contributed by atoms with E-state index in [0.717, 1.165) is 18.5 Å². The molecule has 98 valence electrons. The minimum Gasteiger partial charge on any atom is -0.306 e. The van der Waals surface area contributed by atoms with Crippen LogP contribution < -0.4 is 5.32 Å². The molecule has 0 aliphatic heterocycles. The topological polar surface area (TPSA) is 12.0 Å². The Hall–Kier alpha value is -1.67. The Morgan fingerprint density at radius 1 is 1.11 bits per heavy atom. The molecule has 1 aliphatic carbocycles. The van der Waals surface area contributed by atoms with Gasteiger partial charge in [-0.1, -0.05) is 36.4 Å². The SMILES string of the molecule is Fc1cccc(CNC2CCCc3ccccc32)c1. The maximum absolute atomic E-state index is 13.1. The van der Waals surface area contributed by atoms with Crippen molar-refractivity contribution in [1.82, 2.24) is 5.32 Å². The van der Waals surface area contributed by atoms with Gasteiger partial charge >= 0.3 is 0 Å². The van der Waals surface area contributed by atoms with Crippen molar-refractivity contribution in [2.75, 3.05) is 0 Å². The molecule has 1 nitrogen and oxygen atoms in total. The van der Waals surface area contributed by atoms with Crippen molar-refractivity contribution in [2.24, 2.45) is 0 Å².